The van der Waals surface area contributed by atoms with E-state index < -0.39 is 11.4 Å². The number of hydrogen-bond acceptors (Lipinski definition) is 6. The lowest BCUT2D eigenvalue weighted by Crippen LogP contribution is -2.47. The Bertz CT molecular complexity index is 744. The van der Waals surface area contributed by atoms with Gasteiger partial charge in [-0.1, -0.05) is 29.8 Å². The van der Waals surface area contributed by atoms with Crippen LogP contribution in [0.15, 0.2) is 36.5 Å². The first-order valence-electron chi connectivity index (χ1n) is 8.47. The summed E-state index contributed by atoms with van der Waals surface area (Å²) in [6, 6.07) is 9.40. The van der Waals surface area contributed by atoms with Crippen LogP contribution in [-0.4, -0.2) is 40.0 Å². The van der Waals surface area contributed by atoms with E-state index in [4.69, 9.17) is 9.47 Å². The topological polar surface area (TPSA) is 83.3 Å². The van der Waals surface area contributed by atoms with E-state index in [0.29, 0.717) is 18.7 Å². The number of nitrogens with zero attached hydrogens (tertiary/aromatic N) is 3. The highest BCUT2D eigenvalue weighted by molar-refractivity contribution is 6.04. The van der Waals surface area contributed by atoms with E-state index in [1.165, 1.54) is 10.9 Å². The number of ether oxygens (including phenoxy) is 2. The monoisotopic (exact) mass is 343 g/mol. The summed E-state index contributed by atoms with van der Waals surface area (Å²) < 4.78 is 12.5. The smallest absolute Gasteiger partial charge is 0.323 e. The molecule has 1 unspecified atom stereocenters. The molecule has 132 valence electrons. The summed E-state index contributed by atoms with van der Waals surface area (Å²) in [4.78, 5) is 25.0. The van der Waals surface area contributed by atoms with Gasteiger partial charge in [0.05, 0.1) is 12.3 Å². The molecular formula is C18H21N3O4. The van der Waals surface area contributed by atoms with Gasteiger partial charge in [0.1, 0.15) is 12.8 Å². The zero-order chi connectivity index (χ0) is 17.7. The van der Waals surface area contributed by atoms with Crippen molar-refractivity contribution in [2.24, 2.45) is 5.41 Å². The molecule has 1 heterocycles. The molecule has 0 amide bonds. The third-order valence-electron chi connectivity index (χ3n) is 4.44. The van der Waals surface area contributed by atoms with Crippen LogP contribution < -0.4 is 4.74 Å². The van der Waals surface area contributed by atoms with Crippen molar-refractivity contribution in [3.63, 3.8) is 0 Å². The molecule has 7 heteroatoms. The molecule has 3 rings (SSSR count). The van der Waals surface area contributed by atoms with Crippen molar-refractivity contribution in [3.8, 4) is 11.6 Å². The molecule has 1 atom stereocenters. The summed E-state index contributed by atoms with van der Waals surface area (Å²) in [6.07, 6.45) is 3.88. The molecule has 0 spiro atoms. The molecule has 7 nitrogen and oxygen atoms in total. The number of carbonyl (C=O) groups excluding carboxylic acids is 2. The van der Waals surface area contributed by atoms with Crippen LogP contribution >= 0.6 is 0 Å². The Morgan fingerprint density at radius 3 is 2.80 bits per heavy atom. The van der Waals surface area contributed by atoms with Gasteiger partial charge in [0.2, 0.25) is 5.88 Å². The maximum absolute atomic E-state index is 12.5. The highest BCUT2D eigenvalue weighted by atomic mass is 16.5. The SMILES string of the molecule is CCOC(=O)C1(COc2cnnn2-c2ccccc2)CCCCC1=O. The second-order valence-corrected chi connectivity index (χ2v) is 6.04. The van der Waals surface area contributed by atoms with Crippen LogP contribution in [0.4, 0.5) is 0 Å². The summed E-state index contributed by atoms with van der Waals surface area (Å²) >= 11 is 0. The molecule has 0 aliphatic heterocycles. The van der Waals surface area contributed by atoms with Crippen LogP contribution in [0.3, 0.4) is 0 Å². The summed E-state index contributed by atoms with van der Waals surface area (Å²) in [5.41, 5.74) is -0.449. The van der Waals surface area contributed by atoms with Crippen molar-refractivity contribution in [3.05, 3.63) is 36.5 Å². The molecule has 0 saturated heterocycles. The lowest BCUT2D eigenvalue weighted by atomic mass is 9.73. The molecule has 0 N–H and O–H groups in total. The minimum Gasteiger partial charge on any atom is -0.475 e. The molecule has 0 radical (unpaired) electrons. The molecule has 0 bridgehead atoms. The summed E-state index contributed by atoms with van der Waals surface area (Å²) in [6.45, 7) is 1.90. The molecule has 1 saturated carbocycles. The predicted molar refractivity (Wildman–Crippen MR) is 89.4 cm³/mol. The highest BCUT2D eigenvalue weighted by Gasteiger charge is 2.49. The average Bonchev–Trinajstić information content (AvgIpc) is 3.11. The van der Waals surface area contributed by atoms with Gasteiger partial charge in [-0.25, -0.2) is 0 Å². The van der Waals surface area contributed by atoms with E-state index in [1.807, 2.05) is 30.3 Å². The van der Waals surface area contributed by atoms with Gasteiger partial charge in [-0.05, 0) is 31.9 Å². The van der Waals surface area contributed by atoms with E-state index in [-0.39, 0.29) is 19.0 Å². The number of carbonyl (C=O) groups is 2. The van der Waals surface area contributed by atoms with Crippen LogP contribution in [0.1, 0.15) is 32.6 Å². The normalized spacial score (nSPS) is 20.3. The van der Waals surface area contributed by atoms with Crippen molar-refractivity contribution in [1.82, 2.24) is 15.0 Å². The number of ketones is 1. The standard InChI is InChI=1S/C18H21N3O4/c1-2-24-17(23)18(11-7-6-10-15(18)22)13-25-16-12-19-20-21(16)14-8-4-3-5-9-14/h3-5,8-9,12H,2,6-7,10-11,13H2,1H3. The molecule has 1 aliphatic carbocycles. The highest BCUT2D eigenvalue weighted by Crippen LogP contribution is 2.35. The largest absolute Gasteiger partial charge is 0.475 e. The number of hydrogen-bond donors (Lipinski definition) is 0. The molecule has 1 fully saturated rings. The average molecular weight is 343 g/mol. The third-order valence-corrected chi connectivity index (χ3v) is 4.44. The summed E-state index contributed by atoms with van der Waals surface area (Å²) in [7, 11) is 0. The minimum atomic E-state index is -1.24. The molecule has 25 heavy (non-hydrogen) atoms. The van der Waals surface area contributed by atoms with Gasteiger partial charge in [-0.3, -0.25) is 9.59 Å². The predicted octanol–water partition coefficient (Wildman–Crippen LogP) is 2.34. The number of para-hydroxylation sites is 1. The van der Waals surface area contributed by atoms with Gasteiger partial charge >= 0.3 is 5.97 Å². The Balaban J connectivity index is 1.82. The fourth-order valence-electron chi connectivity index (χ4n) is 3.06. The number of rotatable bonds is 6. The summed E-state index contributed by atoms with van der Waals surface area (Å²) in [5, 5.41) is 7.89. The first-order chi connectivity index (χ1) is 12.2. The van der Waals surface area contributed by atoms with Gasteiger partial charge in [-0.2, -0.15) is 4.68 Å². The Morgan fingerprint density at radius 2 is 2.08 bits per heavy atom. The third kappa shape index (κ3) is 3.40. The van der Waals surface area contributed by atoms with E-state index in [2.05, 4.69) is 10.3 Å². The number of aromatic nitrogens is 3. The summed E-state index contributed by atoms with van der Waals surface area (Å²) in [5.74, 6) is -0.234. The maximum atomic E-state index is 12.5. The molecule has 1 aromatic heterocycles. The Kier molecular flexibility index (Phi) is 5.11. The van der Waals surface area contributed by atoms with Gasteiger partial charge < -0.3 is 9.47 Å². The fourth-order valence-corrected chi connectivity index (χ4v) is 3.06. The number of Topliss-reactive ketones (excluding diaryl/α,β-unsaturated/α-hetero) is 1. The molecule has 1 aromatic carbocycles. The van der Waals surface area contributed by atoms with Gasteiger partial charge in [0.25, 0.3) is 0 Å². The molecule has 1 aliphatic rings. The van der Waals surface area contributed by atoms with E-state index in [9.17, 15) is 9.59 Å². The zero-order valence-electron chi connectivity index (χ0n) is 14.2. The second-order valence-electron chi connectivity index (χ2n) is 6.04. The van der Waals surface area contributed by atoms with Crippen LogP contribution in [-0.2, 0) is 14.3 Å². The molecular weight excluding hydrogens is 322 g/mol. The van der Waals surface area contributed by atoms with Crippen molar-refractivity contribution in [2.75, 3.05) is 13.2 Å². The van der Waals surface area contributed by atoms with E-state index in [0.717, 1.165) is 18.5 Å². The lowest BCUT2D eigenvalue weighted by molar-refractivity contribution is -0.164. The quantitative estimate of drug-likeness (QED) is 0.591. The van der Waals surface area contributed by atoms with Crippen LogP contribution in [0, 0.1) is 5.41 Å². The lowest BCUT2D eigenvalue weighted by Gasteiger charge is -2.32. The molecule has 2 aromatic rings. The minimum absolute atomic E-state index is 0.0646. The fraction of sp³-hybridized carbons (Fsp3) is 0.444. The Hall–Kier alpha value is -2.70. The Labute approximate surface area is 145 Å². The van der Waals surface area contributed by atoms with Crippen LogP contribution in [0.2, 0.25) is 0 Å². The van der Waals surface area contributed by atoms with Crippen molar-refractivity contribution in [2.45, 2.75) is 32.6 Å². The van der Waals surface area contributed by atoms with Crippen LogP contribution in [0.25, 0.3) is 5.69 Å². The maximum Gasteiger partial charge on any atom is 0.323 e. The number of esters is 1. The van der Waals surface area contributed by atoms with Crippen molar-refractivity contribution < 1.29 is 19.1 Å². The van der Waals surface area contributed by atoms with Gasteiger partial charge in [0, 0.05) is 6.42 Å². The first-order valence-corrected chi connectivity index (χ1v) is 8.47. The van der Waals surface area contributed by atoms with E-state index >= 15 is 0 Å². The van der Waals surface area contributed by atoms with Crippen molar-refractivity contribution in [1.29, 1.82) is 0 Å². The second kappa shape index (κ2) is 7.46. The zero-order valence-corrected chi connectivity index (χ0v) is 14.2. The van der Waals surface area contributed by atoms with Gasteiger partial charge in [0.15, 0.2) is 11.2 Å². The Morgan fingerprint density at radius 1 is 1.28 bits per heavy atom. The first kappa shape index (κ1) is 17.1. The van der Waals surface area contributed by atoms with Crippen molar-refractivity contribution >= 4 is 11.8 Å². The number of benzene rings is 1. The van der Waals surface area contributed by atoms with Crippen LogP contribution in [0.5, 0.6) is 5.88 Å². The van der Waals surface area contributed by atoms with E-state index in [1.54, 1.807) is 6.92 Å². The van der Waals surface area contributed by atoms with Gasteiger partial charge in [-0.15, -0.1) is 5.10 Å².